The van der Waals surface area contributed by atoms with Crippen LogP contribution in [0.5, 0.6) is 0 Å². The van der Waals surface area contributed by atoms with Crippen molar-refractivity contribution in [3.05, 3.63) is 0 Å². The van der Waals surface area contributed by atoms with Crippen LogP contribution in [0.25, 0.3) is 0 Å². The lowest BCUT2D eigenvalue weighted by Gasteiger charge is -2.13. The van der Waals surface area contributed by atoms with E-state index in [9.17, 15) is 4.79 Å². The largest absolute Gasteiger partial charge is 0.480 e. The van der Waals surface area contributed by atoms with Crippen molar-refractivity contribution < 1.29 is 9.90 Å². The van der Waals surface area contributed by atoms with Crippen LogP contribution in [0.4, 0.5) is 0 Å². The first kappa shape index (κ1) is 13.2. The molecule has 0 saturated carbocycles. The molecule has 0 heterocycles. The summed E-state index contributed by atoms with van der Waals surface area (Å²) in [5.41, 5.74) is 5.38. The summed E-state index contributed by atoms with van der Waals surface area (Å²) in [7, 11) is 0. The zero-order valence-corrected chi connectivity index (χ0v) is 9.29. The van der Waals surface area contributed by atoms with Crippen LogP contribution in [-0.4, -0.2) is 41.3 Å². The monoisotopic (exact) mass is 219 g/mol. The van der Waals surface area contributed by atoms with Crippen LogP contribution < -0.4 is 11.1 Å². The number of nitrogens with two attached hydrogens (primary N) is 1. The highest BCUT2D eigenvalue weighted by molar-refractivity contribution is 7.80. The Morgan fingerprint density at radius 2 is 2.29 bits per heavy atom. The summed E-state index contributed by atoms with van der Waals surface area (Å²) in [6.45, 7) is 4.04. The molecule has 0 spiro atoms. The topological polar surface area (TPSA) is 87.7 Å². The van der Waals surface area contributed by atoms with Gasteiger partial charge in [0.05, 0.1) is 11.9 Å². The Bertz CT molecular complexity index is 217. The van der Waals surface area contributed by atoms with Gasteiger partial charge in [0.2, 0.25) is 0 Å². The summed E-state index contributed by atoms with van der Waals surface area (Å²) < 4.78 is 0. The molecule has 0 aromatic rings. The van der Waals surface area contributed by atoms with Gasteiger partial charge in [-0.2, -0.15) is 12.6 Å². The molecule has 4 N–H and O–H groups in total. The number of aliphatic carboxylic acids is 1. The second-order valence-corrected chi connectivity index (χ2v) is 3.47. The van der Waals surface area contributed by atoms with Gasteiger partial charge in [-0.05, 0) is 13.8 Å². The number of carboxylic acid groups (broad SMARTS) is 1. The van der Waals surface area contributed by atoms with E-state index in [-0.39, 0.29) is 11.8 Å². The van der Waals surface area contributed by atoms with Gasteiger partial charge in [-0.3, -0.25) is 9.79 Å². The maximum absolute atomic E-state index is 10.6. The van der Waals surface area contributed by atoms with Crippen molar-refractivity contribution in [2.24, 2.45) is 10.7 Å². The lowest BCUT2D eigenvalue weighted by atomic mass is 10.3. The predicted molar refractivity (Wildman–Crippen MR) is 60.0 cm³/mol. The number of amidine groups is 1. The van der Waals surface area contributed by atoms with Gasteiger partial charge in [0.1, 0.15) is 6.04 Å². The van der Waals surface area contributed by atoms with Crippen LogP contribution >= 0.6 is 12.6 Å². The number of carboxylic acids is 1. The van der Waals surface area contributed by atoms with Crippen molar-refractivity contribution in [3.63, 3.8) is 0 Å². The number of aliphatic imine (C=N–C) groups is 1. The van der Waals surface area contributed by atoms with Gasteiger partial charge in [0.25, 0.3) is 0 Å². The summed E-state index contributed by atoms with van der Waals surface area (Å²) >= 11 is 3.92. The van der Waals surface area contributed by atoms with E-state index in [0.717, 1.165) is 0 Å². The maximum Gasteiger partial charge on any atom is 0.321 e. The first-order valence-electron chi connectivity index (χ1n) is 4.34. The third-order valence-electron chi connectivity index (χ3n) is 1.56. The minimum absolute atomic E-state index is 0.0262. The third-order valence-corrected chi connectivity index (χ3v) is 1.93. The lowest BCUT2D eigenvalue weighted by Crippen LogP contribution is -2.41. The van der Waals surface area contributed by atoms with Crippen LogP contribution in [-0.2, 0) is 4.79 Å². The molecule has 6 heteroatoms. The maximum atomic E-state index is 10.6. The van der Waals surface area contributed by atoms with Crippen molar-refractivity contribution in [2.75, 3.05) is 12.3 Å². The Morgan fingerprint density at radius 3 is 2.64 bits per heavy atom. The first-order valence-corrected chi connectivity index (χ1v) is 4.97. The number of thiol groups is 1. The van der Waals surface area contributed by atoms with Crippen LogP contribution in [0.3, 0.4) is 0 Å². The van der Waals surface area contributed by atoms with Gasteiger partial charge >= 0.3 is 5.97 Å². The molecule has 0 aliphatic heterocycles. The molecular formula is C8H17N3O2S. The molecule has 0 amide bonds. The lowest BCUT2D eigenvalue weighted by molar-refractivity contribution is -0.138. The van der Waals surface area contributed by atoms with E-state index in [0.29, 0.717) is 12.4 Å². The van der Waals surface area contributed by atoms with E-state index >= 15 is 0 Å². The molecule has 82 valence electrons. The van der Waals surface area contributed by atoms with Crippen LogP contribution in [0.15, 0.2) is 4.99 Å². The second-order valence-electron chi connectivity index (χ2n) is 3.10. The molecule has 0 bridgehead atoms. The van der Waals surface area contributed by atoms with E-state index in [1.807, 2.05) is 6.92 Å². The van der Waals surface area contributed by atoms with Crippen molar-refractivity contribution >= 4 is 24.4 Å². The number of hydrogen-bond donors (Lipinski definition) is 4. The molecule has 0 rings (SSSR count). The summed E-state index contributed by atoms with van der Waals surface area (Å²) in [4.78, 5) is 14.7. The second kappa shape index (κ2) is 6.67. The highest BCUT2D eigenvalue weighted by Crippen LogP contribution is 1.92. The summed E-state index contributed by atoms with van der Waals surface area (Å²) in [6.07, 6.45) is 0. The fourth-order valence-electron chi connectivity index (χ4n) is 0.936. The van der Waals surface area contributed by atoms with Crippen LogP contribution in [0, 0.1) is 0 Å². The standard InChI is InChI=1S/C8H17N3O2S/c1-5(11-6(2)9)3-10-7(4-14)8(12)13/h5,7,10,14H,3-4H2,1-2H3,(H2,9,11)(H,12,13)/t5-,7+/m0/s1. The smallest absolute Gasteiger partial charge is 0.321 e. The average molecular weight is 219 g/mol. The van der Waals surface area contributed by atoms with Gasteiger partial charge in [-0.25, -0.2) is 0 Å². The highest BCUT2D eigenvalue weighted by atomic mass is 32.1. The SMILES string of the molecule is CC(N)=N[C@@H](C)CN[C@H](CS)C(=O)O. The summed E-state index contributed by atoms with van der Waals surface area (Å²) in [6, 6.07) is -0.657. The molecule has 0 fully saturated rings. The van der Waals surface area contributed by atoms with Gasteiger partial charge in [0.15, 0.2) is 0 Å². The van der Waals surface area contributed by atoms with Crippen LogP contribution in [0.1, 0.15) is 13.8 Å². The Labute approximate surface area is 89.2 Å². The highest BCUT2D eigenvalue weighted by Gasteiger charge is 2.14. The van der Waals surface area contributed by atoms with Crippen molar-refractivity contribution in [1.29, 1.82) is 0 Å². The summed E-state index contributed by atoms with van der Waals surface area (Å²) in [5.74, 6) is -0.148. The van der Waals surface area contributed by atoms with E-state index in [1.165, 1.54) is 0 Å². The van der Waals surface area contributed by atoms with Gasteiger partial charge in [-0.1, -0.05) is 0 Å². The van der Waals surface area contributed by atoms with E-state index in [4.69, 9.17) is 10.8 Å². The molecule has 0 aliphatic carbocycles. The molecule has 2 atom stereocenters. The molecule has 0 aromatic heterocycles. The van der Waals surface area contributed by atoms with Crippen LogP contribution in [0.2, 0.25) is 0 Å². The third kappa shape index (κ3) is 5.82. The molecule has 0 radical (unpaired) electrons. The predicted octanol–water partition coefficient (Wildman–Crippen LogP) is -0.275. The molecular weight excluding hydrogens is 202 g/mol. The number of carbonyl (C=O) groups is 1. The Kier molecular flexibility index (Phi) is 6.31. The van der Waals surface area contributed by atoms with E-state index in [1.54, 1.807) is 6.92 Å². The molecule has 14 heavy (non-hydrogen) atoms. The van der Waals surface area contributed by atoms with Crippen molar-refractivity contribution in [2.45, 2.75) is 25.9 Å². The number of nitrogens with one attached hydrogen (secondary N) is 1. The fourth-order valence-corrected chi connectivity index (χ4v) is 1.22. The fraction of sp³-hybridized carbons (Fsp3) is 0.750. The van der Waals surface area contributed by atoms with Gasteiger partial charge in [0, 0.05) is 12.3 Å². The van der Waals surface area contributed by atoms with E-state index in [2.05, 4.69) is 22.9 Å². The molecule has 0 unspecified atom stereocenters. The quantitative estimate of drug-likeness (QED) is 0.281. The Morgan fingerprint density at radius 1 is 1.71 bits per heavy atom. The minimum Gasteiger partial charge on any atom is -0.480 e. The molecule has 0 saturated heterocycles. The zero-order chi connectivity index (χ0) is 11.1. The molecule has 0 aliphatic rings. The van der Waals surface area contributed by atoms with Gasteiger partial charge in [-0.15, -0.1) is 0 Å². The van der Waals surface area contributed by atoms with Gasteiger partial charge < -0.3 is 16.2 Å². The summed E-state index contributed by atoms with van der Waals surface area (Å²) in [5, 5.41) is 11.5. The normalized spacial score (nSPS) is 16.4. The zero-order valence-electron chi connectivity index (χ0n) is 8.40. The van der Waals surface area contributed by atoms with Crippen molar-refractivity contribution in [1.82, 2.24) is 5.32 Å². The number of nitrogens with zero attached hydrogens (tertiary/aromatic N) is 1. The number of hydrogen-bond acceptors (Lipinski definition) is 4. The Hall–Kier alpha value is -0.750. The Balaban J connectivity index is 3.91. The van der Waals surface area contributed by atoms with Crippen molar-refractivity contribution in [3.8, 4) is 0 Å². The number of rotatable bonds is 6. The minimum atomic E-state index is -0.902. The molecule has 5 nitrogen and oxygen atoms in total. The van der Waals surface area contributed by atoms with E-state index < -0.39 is 12.0 Å². The first-order chi connectivity index (χ1) is 6.47. The average Bonchev–Trinajstić information content (AvgIpc) is 2.03. The molecule has 0 aromatic carbocycles.